The van der Waals surface area contributed by atoms with E-state index in [0.29, 0.717) is 50.1 Å². The molecule has 0 radical (unpaired) electrons. The van der Waals surface area contributed by atoms with Crippen molar-refractivity contribution in [3.8, 4) is 5.69 Å². The van der Waals surface area contributed by atoms with Gasteiger partial charge < -0.3 is 15.0 Å². The van der Waals surface area contributed by atoms with Gasteiger partial charge in [0, 0.05) is 37.5 Å². The molecule has 1 aromatic heterocycles. The molecule has 2 aliphatic heterocycles. The number of ether oxygens (including phenoxy) is 1. The number of nitrogens with zero attached hydrogens (tertiary/aromatic N) is 2. The summed E-state index contributed by atoms with van der Waals surface area (Å²) in [5.74, 6) is -0.127. The van der Waals surface area contributed by atoms with Crippen LogP contribution in [-0.4, -0.2) is 64.9 Å². The number of carbonyl (C=O) groups is 1. The van der Waals surface area contributed by atoms with E-state index in [-0.39, 0.29) is 18.1 Å². The average molecular weight is 416 g/mol. The number of hydrogen-bond acceptors (Lipinski definition) is 5. The number of likely N-dealkylation sites (tertiary alicyclic amines) is 1. The maximum Gasteiger partial charge on any atom is 0.332 e. The van der Waals surface area contributed by atoms with Crippen LogP contribution in [0.25, 0.3) is 5.69 Å². The van der Waals surface area contributed by atoms with Gasteiger partial charge in [0.15, 0.2) is 0 Å². The van der Waals surface area contributed by atoms with Crippen molar-refractivity contribution in [3.63, 3.8) is 0 Å². The number of benzene rings is 1. The second-order valence-electron chi connectivity index (χ2n) is 7.71. The molecule has 0 unspecified atom stereocenters. The Morgan fingerprint density at radius 2 is 1.93 bits per heavy atom. The molecule has 160 valence electrons. The highest BCUT2D eigenvalue weighted by Gasteiger charge is 2.31. The van der Waals surface area contributed by atoms with Gasteiger partial charge in [-0.25, -0.2) is 9.18 Å². The molecular formula is C21H25FN4O4. The summed E-state index contributed by atoms with van der Waals surface area (Å²) < 4.78 is 21.2. The lowest BCUT2D eigenvalue weighted by Gasteiger charge is -2.36. The van der Waals surface area contributed by atoms with Crippen LogP contribution in [0, 0.1) is 0 Å². The van der Waals surface area contributed by atoms with Crippen molar-refractivity contribution in [2.75, 3.05) is 26.2 Å². The Balaban J connectivity index is 1.39. The summed E-state index contributed by atoms with van der Waals surface area (Å²) in [5.41, 5.74) is -0.0707. The van der Waals surface area contributed by atoms with Gasteiger partial charge >= 0.3 is 5.69 Å². The summed E-state index contributed by atoms with van der Waals surface area (Å²) in [4.78, 5) is 40.2. The van der Waals surface area contributed by atoms with Crippen LogP contribution in [0.1, 0.15) is 29.6 Å². The number of aromatic nitrogens is 2. The van der Waals surface area contributed by atoms with Crippen LogP contribution in [0.3, 0.4) is 0 Å². The lowest BCUT2D eigenvalue weighted by molar-refractivity contribution is -0.0803. The Kier molecular flexibility index (Phi) is 6.10. The summed E-state index contributed by atoms with van der Waals surface area (Å²) in [6, 6.07) is 7.99. The van der Waals surface area contributed by atoms with Crippen molar-refractivity contribution in [2.24, 2.45) is 0 Å². The van der Waals surface area contributed by atoms with Crippen molar-refractivity contribution in [1.82, 2.24) is 19.8 Å². The first-order valence-electron chi connectivity index (χ1n) is 10.2. The monoisotopic (exact) mass is 416 g/mol. The third kappa shape index (κ3) is 4.52. The van der Waals surface area contributed by atoms with Gasteiger partial charge in [-0.2, -0.15) is 0 Å². The molecule has 0 aliphatic carbocycles. The molecule has 0 saturated carbocycles. The van der Waals surface area contributed by atoms with Crippen molar-refractivity contribution in [2.45, 2.75) is 37.6 Å². The number of amides is 1. The minimum Gasteiger partial charge on any atom is -0.372 e. The Bertz CT molecular complexity index is 1010. The Hall–Kier alpha value is -2.78. The molecule has 2 aliphatic rings. The van der Waals surface area contributed by atoms with Crippen LogP contribution in [0.4, 0.5) is 4.39 Å². The first-order chi connectivity index (χ1) is 14.5. The first kappa shape index (κ1) is 20.5. The zero-order valence-corrected chi connectivity index (χ0v) is 16.6. The van der Waals surface area contributed by atoms with Crippen molar-refractivity contribution in [1.29, 1.82) is 0 Å². The highest BCUT2D eigenvalue weighted by Crippen LogP contribution is 2.22. The van der Waals surface area contributed by atoms with Gasteiger partial charge in [-0.3, -0.25) is 19.1 Å². The van der Waals surface area contributed by atoms with Gasteiger partial charge in [0.05, 0.1) is 17.9 Å². The molecule has 30 heavy (non-hydrogen) atoms. The second-order valence-corrected chi connectivity index (χ2v) is 7.71. The molecule has 2 aromatic rings. The van der Waals surface area contributed by atoms with Gasteiger partial charge in [-0.1, -0.05) is 6.07 Å². The van der Waals surface area contributed by atoms with E-state index in [2.05, 4.69) is 10.3 Å². The zero-order valence-electron chi connectivity index (χ0n) is 16.6. The quantitative estimate of drug-likeness (QED) is 0.770. The molecule has 1 amide bonds. The predicted molar refractivity (Wildman–Crippen MR) is 109 cm³/mol. The standard InChI is InChI=1S/C21H25FN4O4/c22-17-13-23-8-4-18(17)30-16-5-9-25(10-6-16)20(28)14-2-1-3-15(12-14)26-11-7-19(27)24-21(26)29/h1-3,7,11-12,16-18,23H,4-6,8-10,13H2,(H,24,27,29)/t17-,18-/m1/s1. The van der Waals surface area contributed by atoms with Crippen molar-refractivity contribution < 1.29 is 13.9 Å². The number of aromatic amines is 1. The minimum atomic E-state index is -0.988. The number of piperidine rings is 2. The Labute approximate surface area is 172 Å². The van der Waals surface area contributed by atoms with Gasteiger partial charge in [0.25, 0.3) is 11.5 Å². The molecular weight excluding hydrogens is 391 g/mol. The molecule has 2 saturated heterocycles. The fourth-order valence-electron chi connectivity index (χ4n) is 3.98. The lowest BCUT2D eigenvalue weighted by atomic mass is 10.0. The Morgan fingerprint density at radius 1 is 1.13 bits per heavy atom. The van der Waals surface area contributed by atoms with Crippen LogP contribution in [0.5, 0.6) is 0 Å². The average Bonchev–Trinajstić information content (AvgIpc) is 2.75. The van der Waals surface area contributed by atoms with Crippen LogP contribution in [0.15, 0.2) is 46.1 Å². The number of halogens is 1. The highest BCUT2D eigenvalue weighted by molar-refractivity contribution is 5.94. The van der Waals surface area contributed by atoms with E-state index in [1.165, 1.54) is 16.8 Å². The van der Waals surface area contributed by atoms with E-state index in [9.17, 15) is 18.8 Å². The maximum absolute atomic E-state index is 14.0. The number of H-pyrrole nitrogens is 1. The molecule has 4 rings (SSSR count). The molecule has 8 nitrogen and oxygen atoms in total. The van der Waals surface area contributed by atoms with Crippen molar-refractivity contribution >= 4 is 5.91 Å². The number of alkyl halides is 1. The van der Waals surface area contributed by atoms with Crippen molar-refractivity contribution in [3.05, 3.63) is 62.9 Å². The molecule has 0 spiro atoms. The summed E-state index contributed by atoms with van der Waals surface area (Å²) in [6.45, 7) is 2.16. The molecule has 9 heteroatoms. The number of hydrogen-bond donors (Lipinski definition) is 2. The van der Waals surface area contributed by atoms with Crippen LogP contribution in [-0.2, 0) is 4.74 Å². The topological polar surface area (TPSA) is 96.4 Å². The predicted octanol–water partition coefficient (Wildman–Crippen LogP) is 0.847. The lowest BCUT2D eigenvalue weighted by Crippen LogP contribution is -2.47. The molecule has 1 aromatic carbocycles. The Morgan fingerprint density at radius 3 is 2.67 bits per heavy atom. The smallest absolute Gasteiger partial charge is 0.332 e. The molecule has 2 atom stereocenters. The van der Waals surface area contributed by atoms with Gasteiger partial charge in [-0.05, 0) is 44.0 Å². The summed E-state index contributed by atoms with van der Waals surface area (Å²) in [7, 11) is 0. The third-order valence-corrected chi connectivity index (χ3v) is 5.64. The fraction of sp³-hybridized carbons (Fsp3) is 0.476. The van der Waals surface area contributed by atoms with Crippen LogP contribution in [0.2, 0.25) is 0 Å². The number of rotatable bonds is 4. The van der Waals surface area contributed by atoms with Gasteiger partial charge in [0.2, 0.25) is 0 Å². The second kappa shape index (κ2) is 8.93. The van der Waals surface area contributed by atoms with E-state index < -0.39 is 17.4 Å². The summed E-state index contributed by atoms with van der Waals surface area (Å²) in [6.07, 6.45) is 1.98. The third-order valence-electron chi connectivity index (χ3n) is 5.64. The molecule has 2 N–H and O–H groups in total. The molecule has 0 bridgehead atoms. The molecule has 3 heterocycles. The summed E-state index contributed by atoms with van der Waals surface area (Å²) >= 11 is 0. The fourth-order valence-corrected chi connectivity index (χ4v) is 3.98. The SMILES string of the molecule is O=C(c1cccc(-n2ccc(=O)[nH]c2=O)c1)N1CCC(O[C@@H]2CCNC[C@H]2F)CC1. The minimum absolute atomic E-state index is 0.0403. The largest absolute Gasteiger partial charge is 0.372 e. The maximum atomic E-state index is 14.0. The van der Waals surface area contributed by atoms with E-state index in [1.807, 2.05) is 0 Å². The van der Waals surface area contributed by atoms with Crippen LogP contribution >= 0.6 is 0 Å². The number of nitrogens with one attached hydrogen (secondary N) is 2. The van der Waals surface area contributed by atoms with E-state index in [0.717, 1.165) is 6.54 Å². The summed E-state index contributed by atoms with van der Waals surface area (Å²) in [5, 5.41) is 3.02. The van der Waals surface area contributed by atoms with E-state index in [1.54, 1.807) is 29.2 Å². The first-order valence-corrected chi connectivity index (χ1v) is 10.2. The number of carbonyl (C=O) groups excluding carboxylic acids is 1. The highest BCUT2D eigenvalue weighted by atomic mass is 19.1. The van der Waals surface area contributed by atoms with Crippen LogP contribution < -0.4 is 16.6 Å². The van der Waals surface area contributed by atoms with E-state index >= 15 is 0 Å². The van der Waals surface area contributed by atoms with E-state index in [4.69, 9.17) is 4.74 Å². The molecule has 2 fully saturated rings. The van der Waals surface area contributed by atoms with Gasteiger partial charge in [-0.15, -0.1) is 0 Å². The zero-order chi connectivity index (χ0) is 21.1. The normalized spacial score (nSPS) is 22.8. The van der Waals surface area contributed by atoms with Gasteiger partial charge in [0.1, 0.15) is 6.17 Å².